The van der Waals surface area contributed by atoms with Crippen molar-refractivity contribution < 1.29 is 14.3 Å². The second-order valence-electron chi connectivity index (χ2n) is 6.50. The highest BCUT2D eigenvalue weighted by Crippen LogP contribution is 2.27. The topological polar surface area (TPSA) is 79.5 Å². The molecule has 0 atom stereocenters. The van der Waals surface area contributed by atoms with Crippen LogP contribution in [0.5, 0.6) is 5.75 Å². The molecule has 6 nitrogen and oxygen atoms in total. The molecule has 2 amide bonds. The fourth-order valence-electron chi connectivity index (χ4n) is 2.78. The van der Waals surface area contributed by atoms with E-state index in [1.165, 1.54) is 7.11 Å². The third-order valence-corrected chi connectivity index (χ3v) is 4.60. The molecule has 0 radical (unpaired) electrons. The van der Waals surface area contributed by atoms with Crippen LogP contribution in [-0.4, -0.2) is 25.5 Å². The first kappa shape index (κ1) is 21.2. The molecule has 154 valence electrons. The molecule has 0 spiro atoms. The Hall–Kier alpha value is -3.51. The van der Waals surface area contributed by atoms with Crippen molar-refractivity contribution in [1.29, 1.82) is 0 Å². The van der Waals surface area contributed by atoms with E-state index in [2.05, 4.69) is 16.0 Å². The Balaban J connectivity index is 1.53. The van der Waals surface area contributed by atoms with Gasteiger partial charge in [-0.1, -0.05) is 48.0 Å². The Morgan fingerprint density at radius 1 is 0.933 bits per heavy atom. The molecular formula is C23H22ClN3O3. The van der Waals surface area contributed by atoms with Crippen LogP contribution in [0.1, 0.15) is 15.9 Å². The third kappa shape index (κ3) is 5.99. The maximum absolute atomic E-state index is 12.4. The molecule has 3 aromatic rings. The summed E-state index contributed by atoms with van der Waals surface area (Å²) in [4.78, 5) is 24.6. The molecule has 0 saturated heterocycles. The molecule has 0 saturated carbocycles. The lowest BCUT2D eigenvalue weighted by atomic mass is 10.1. The van der Waals surface area contributed by atoms with Crippen molar-refractivity contribution in [1.82, 2.24) is 5.32 Å². The van der Waals surface area contributed by atoms with E-state index in [-0.39, 0.29) is 18.4 Å². The molecule has 3 N–H and O–H groups in total. The van der Waals surface area contributed by atoms with E-state index in [0.717, 1.165) is 5.56 Å². The second kappa shape index (κ2) is 10.3. The van der Waals surface area contributed by atoms with Crippen LogP contribution in [0.2, 0.25) is 5.02 Å². The lowest BCUT2D eigenvalue weighted by Gasteiger charge is -2.11. The molecule has 0 heterocycles. The molecule has 0 aliphatic heterocycles. The van der Waals surface area contributed by atoms with E-state index in [1.54, 1.807) is 42.5 Å². The highest BCUT2D eigenvalue weighted by molar-refractivity contribution is 6.32. The minimum Gasteiger partial charge on any atom is -0.495 e. The van der Waals surface area contributed by atoms with Crippen molar-refractivity contribution in [3.05, 3.63) is 88.9 Å². The van der Waals surface area contributed by atoms with Gasteiger partial charge in [-0.3, -0.25) is 9.59 Å². The van der Waals surface area contributed by atoms with Gasteiger partial charge >= 0.3 is 0 Å². The highest BCUT2D eigenvalue weighted by atomic mass is 35.5. The number of carbonyl (C=O) groups excluding carboxylic acids is 2. The van der Waals surface area contributed by atoms with Gasteiger partial charge in [-0.25, -0.2) is 0 Å². The number of hydrogen-bond acceptors (Lipinski definition) is 4. The number of amides is 2. The third-order valence-electron chi connectivity index (χ3n) is 4.31. The number of hydrogen-bond donors (Lipinski definition) is 3. The highest BCUT2D eigenvalue weighted by Gasteiger charge is 2.09. The van der Waals surface area contributed by atoms with Gasteiger partial charge in [0, 0.05) is 23.5 Å². The minimum absolute atomic E-state index is 0.0487. The van der Waals surface area contributed by atoms with E-state index in [1.807, 2.05) is 30.3 Å². The maximum atomic E-state index is 12.4. The van der Waals surface area contributed by atoms with E-state index in [4.69, 9.17) is 16.3 Å². The number of benzene rings is 3. The van der Waals surface area contributed by atoms with Crippen LogP contribution in [-0.2, 0) is 11.3 Å². The van der Waals surface area contributed by atoms with Gasteiger partial charge in [0.25, 0.3) is 5.91 Å². The summed E-state index contributed by atoms with van der Waals surface area (Å²) in [7, 11) is 1.54. The van der Waals surface area contributed by atoms with E-state index < -0.39 is 0 Å². The Kier molecular flexibility index (Phi) is 7.29. The first-order valence-corrected chi connectivity index (χ1v) is 9.72. The molecule has 0 unspecified atom stereocenters. The number of methoxy groups -OCH3 is 1. The van der Waals surface area contributed by atoms with Crippen LogP contribution in [0, 0.1) is 0 Å². The van der Waals surface area contributed by atoms with Crippen molar-refractivity contribution in [3.8, 4) is 5.75 Å². The summed E-state index contributed by atoms with van der Waals surface area (Å²) in [6, 6.07) is 21.6. The predicted molar refractivity (Wildman–Crippen MR) is 119 cm³/mol. The number of halogens is 1. The molecule has 0 fully saturated rings. The molecule has 0 aliphatic rings. The van der Waals surface area contributed by atoms with Crippen molar-refractivity contribution >= 4 is 34.8 Å². The molecule has 0 bridgehead atoms. The largest absolute Gasteiger partial charge is 0.495 e. The average molecular weight is 424 g/mol. The summed E-state index contributed by atoms with van der Waals surface area (Å²) >= 11 is 6.08. The van der Waals surface area contributed by atoms with Gasteiger partial charge in [0.2, 0.25) is 5.91 Å². The standard InChI is InChI=1S/C23H22ClN3O3/c1-30-21-11-10-18(13-20(21)24)25-15-22(28)27-19-9-5-8-17(12-19)23(29)26-14-16-6-3-2-4-7-16/h2-13,25H,14-15H2,1H3,(H,26,29)(H,27,28). The van der Waals surface area contributed by atoms with Gasteiger partial charge in [0.1, 0.15) is 5.75 Å². The Bertz CT molecular complexity index is 1030. The number of ether oxygens (including phenoxy) is 1. The quantitative estimate of drug-likeness (QED) is 0.504. The number of rotatable bonds is 8. The van der Waals surface area contributed by atoms with Crippen LogP contribution >= 0.6 is 11.6 Å². The predicted octanol–water partition coefficient (Wildman–Crippen LogP) is 4.33. The summed E-state index contributed by atoms with van der Waals surface area (Å²) in [6.07, 6.45) is 0. The fraction of sp³-hybridized carbons (Fsp3) is 0.130. The van der Waals surface area contributed by atoms with Crippen molar-refractivity contribution in [3.63, 3.8) is 0 Å². The average Bonchev–Trinajstić information content (AvgIpc) is 2.77. The molecule has 3 aromatic carbocycles. The summed E-state index contributed by atoms with van der Waals surface area (Å²) in [5.41, 5.74) is 2.73. The van der Waals surface area contributed by atoms with Gasteiger partial charge in [-0.2, -0.15) is 0 Å². The lowest BCUT2D eigenvalue weighted by molar-refractivity contribution is -0.114. The van der Waals surface area contributed by atoms with E-state index in [9.17, 15) is 9.59 Å². The number of nitrogens with one attached hydrogen (secondary N) is 3. The summed E-state index contributed by atoms with van der Waals surface area (Å²) in [5.74, 6) is 0.110. The van der Waals surface area contributed by atoms with Crippen molar-refractivity contribution in [2.45, 2.75) is 6.54 Å². The van der Waals surface area contributed by atoms with E-state index in [0.29, 0.717) is 34.3 Å². The van der Waals surface area contributed by atoms with Gasteiger partial charge in [0.15, 0.2) is 0 Å². The van der Waals surface area contributed by atoms with Gasteiger partial charge < -0.3 is 20.7 Å². The van der Waals surface area contributed by atoms with Gasteiger partial charge in [-0.15, -0.1) is 0 Å². The Morgan fingerprint density at radius 3 is 2.47 bits per heavy atom. The van der Waals surface area contributed by atoms with Crippen molar-refractivity contribution in [2.75, 3.05) is 24.3 Å². The smallest absolute Gasteiger partial charge is 0.251 e. The zero-order chi connectivity index (χ0) is 21.3. The fourth-order valence-corrected chi connectivity index (χ4v) is 3.04. The Morgan fingerprint density at radius 2 is 1.73 bits per heavy atom. The lowest BCUT2D eigenvalue weighted by Crippen LogP contribution is -2.24. The molecule has 7 heteroatoms. The zero-order valence-corrected chi connectivity index (χ0v) is 17.2. The molecule has 0 aliphatic carbocycles. The first-order chi connectivity index (χ1) is 14.5. The van der Waals surface area contributed by atoms with Crippen molar-refractivity contribution in [2.24, 2.45) is 0 Å². The second-order valence-corrected chi connectivity index (χ2v) is 6.91. The van der Waals surface area contributed by atoms with Crippen LogP contribution in [0.4, 0.5) is 11.4 Å². The Labute approximate surface area is 180 Å². The van der Waals surface area contributed by atoms with Gasteiger partial charge in [-0.05, 0) is 42.0 Å². The molecule has 3 rings (SSSR count). The molecule has 0 aromatic heterocycles. The zero-order valence-electron chi connectivity index (χ0n) is 16.4. The maximum Gasteiger partial charge on any atom is 0.251 e. The normalized spacial score (nSPS) is 10.2. The van der Waals surface area contributed by atoms with Crippen LogP contribution < -0.4 is 20.7 Å². The van der Waals surface area contributed by atoms with E-state index >= 15 is 0 Å². The van der Waals surface area contributed by atoms with Crippen LogP contribution in [0.3, 0.4) is 0 Å². The summed E-state index contributed by atoms with van der Waals surface area (Å²) in [5, 5.41) is 9.11. The number of carbonyl (C=O) groups is 2. The van der Waals surface area contributed by atoms with Crippen LogP contribution in [0.25, 0.3) is 0 Å². The molecular weight excluding hydrogens is 402 g/mol. The van der Waals surface area contributed by atoms with Gasteiger partial charge in [0.05, 0.1) is 18.7 Å². The summed E-state index contributed by atoms with van der Waals surface area (Å²) < 4.78 is 5.11. The SMILES string of the molecule is COc1ccc(NCC(=O)Nc2cccc(C(=O)NCc3ccccc3)c2)cc1Cl. The monoisotopic (exact) mass is 423 g/mol. The molecule has 30 heavy (non-hydrogen) atoms. The van der Waals surface area contributed by atoms with Crippen LogP contribution in [0.15, 0.2) is 72.8 Å². The minimum atomic E-state index is -0.246. The summed E-state index contributed by atoms with van der Waals surface area (Å²) in [6.45, 7) is 0.484. The number of anilines is 2. The first-order valence-electron chi connectivity index (χ1n) is 9.34.